The second-order valence-corrected chi connectivity index (χ2v) is 5.83. The quantitative estimate of drug-likeness (QED) is 0.354. The van der Waals surface area contributed by atoms with Gasteiger partial charge < -0.3 is 15.5 Å². The van der Waals surface area contributed by atoms with Gasteiger partial charge in [0, 0.05) is 16.1 Å². The molecule has 4 N–H and O–H groups in total. The van der Waals surface area contributed by atoms with E-state index < -0.39 is 17.6 Å². The highest BCUT2D eigenvalue weighted by molar-refractivity contribution is 9.10. The van der Waals surface area contributed by atoms with Crippen LogP contribution in [0.4, 0.5) is 10.1 Å². The number of amides is 2. The molecule has 0 aliphatic carbocycles. The fourth-order valence-electron chi connectivity index (χ4n) is 1.84. The Kier molecular flexibility index (Phi) is 5.71. The third kappa shape index (κ3) is 4.77. The molecule has 0 heterocycles. The van der Waals surface area contributed by atoms with Crippen molar-refractivity contribution in [2.75, 3.05) is 5.32 Å². The van der Waals surface area contributed by atoms with Crippen LogP contribution < -0.4 is 10.7 Å². The second kappa shape index (κ2) is 7.75. The topological polar surface area (TPSA) is 111 Å². The molecule has 2 aromatic carbocycles. The van der Waals surface area contributed by atoms with Crippen molar-refractivity contribution in [3.05, 3.63) is 52.3 Å². The van der Waals surface area contributed by atoms with Crippen LogP contribution >= 0.6 is 15.9 Å². The van der Waals surface area contributed by atoms with E-state index in [0.717, 1.165) is 12.1 Å². The van der Waals surface area contributed by atoms with Crippen molar-refractivity contribution in [2.24, 2.45) is 5.10 Å². The Hall–Kier alpha value is -2.94. The molecule has 0 fully saturated rings. The van der Waals surface area contributed by atoms with E-state index in [1.165, 1.54) is 31.2 Å². The summed E-state index contributed by atoms with van der Waals surface area (Å²) in [6.45, 7) is 1.48. The van der Waals surface area contributed by atoms with Gasteiger partial charge in [0.2, 0.25) is 0 Å². The van der Waals surface area contributed by atoms with Crippen LogP contribution in [0.2, 0.25) is 0 Å². The summed E-state index contributed by atoms with van der Waals surface area (Å²) < 4.78 is 14.1. The van der Waals surface area contributed by atoms with Gasteiger partial charge in [-0.15, -0.1) is 0 Å². The van der Waals surface area contributed by atoms with E-state index in [2.05, 4.69) is 26.3 Å². The lowest BCUT2D eigenvalue weighted by Crippen LogP contribution is -2.33. The summed E-state index contributed by atoms with van der Waals surface area (Å²) in [5, 5.41) is 24.8. The molecule has 0 unspecified atom stereocenters. The van der Waals surface area contributed by atoms with Gasteiger partial charge in [-0.05, 0) is 37.3 Å². The molecule has 0 spiro atoms. The SMILES string of the molecule is C/C(=N\NC(=O)C(=O)Nc1ccc(Br)cc1F)c1ccc(O)cc1O. The Bertz CT molecular complexity index is 870. The summed E-state index contributed by atoms with van der Waals surface area (Å²) in [5.74, 6) is -3.29. The van der Waals surface area contributed by atoms with Crippen molar-refractivity contribution in [1.29, 1.82) is 0 Å². The van der Waals surface area contributed by atoms with Crippen LogP contribution in [-0.4, -0.2) is 27.7 Å². The summed E-state index contributed by atoms with van der Waals surface area (Å²) in [7, 11) is 0. The van der Waals surface area contributed by atoms with E-state index in [1.807, 2.05) is 5.43 Å². The zero-order valence-electron chi connectivity index (χ0n) is 12.9. The molecule has 0 aliphatic rings. The molecule has 2 rings (SSSR count). The number of hydrogen-bond donors (Lipinski definition) is 4. The fraction of sp³-hybridized carbons (Fsp3) is 0.0625. The minimum absolute atomic E-state index is 0.131. The largest absolute Gasteiger partial charge is 0.508 e. The van der Waals surface area contributed by atoms with Gasteiger partial charge in [0.1, 0.15) is 17.3 Å². The van der Waals surface area contributed by atoms with E-state index in [4.69, 9.17) is 0 Å². The number of carbonyl (C=O) groups is 2. The number of aromatic hydroxyl groups is 2. The maximum Gasteiger partial charge on any atom is 0.329 e. The van der Waals surface area contributed by atoms with E-state index in [0.29, 0.717) is 4.47 Å². The van der Waals surface area contributed by atoms with Crippen molar-refractivity contribution in [3.8, 4) is 11.5 Å². The highest BCUT2D eigenvalue weighted by atomic mass is 79.9. The summed E-state index contributed by atoms with van der Waals surface area (Å²) >= 11 is 3.08. The Morgan fingerprint density at radius 2 is 1.84 bits per heavy atom. The molecular weight excluding hydrogens is 397 g/mol. The highest BCUT2D eigenvalue weighted by Gasteiger charge is 2.16. The van der Waals surface area contributed by atoms with Gasteiger partial charge in [0.05, 0.1) is 11.4 Å². The van der Waals surface area contributed by atoms with Crippen molar-refractivity contribution in [1.82, 2.24) is 5.43 Å². The van der Waals surface area contributed by atoms with Crippen molar-refractivity contribution in [2.45, 2.75) is 6.92 Å². The maximum atomic E-state index is 13.6. The van der Waals surface area contributed by atoms with Gasteiger partial charge >= 0.3 is 11.8 Å². The Morgan fingerprint density at radius 1 is 1.12 bits per heavy atom. The Balaban J connectivity index is 2.04. The lowest BCUT2D eigenvalue weighted by atomic mass is 10.1. The molecule has 0 bridgehead atoms. The first-order valence-electron chi connectivity index (χ1n) is 6.91. The average Bonchev–Trinajstić information content (AvgIpc) is 2.54. The Morgan fingerprint density at radius 3 is 2.48 bits per heavy atom. The van der Waals surface area contributed by atoms with Gasteiger partial charge in [-0.3, -0.25) is 9.59 Å². The van der Waals surface area contributed by atoms with Crippen LogP contribution in [0.1, 0.15) is 12.5 Å². The minimum atomic E-state index is -1.11. The molecular formula is C16H13BrFN3O4. The lowest BCUT2D eigenvalue weighted by Gasteiger charge is -2.07. The number of nitrogens with one attached hydrogen (secondary N) is 2. The molecule has 7 nitrogen and oxygen atoms in total. The van der Waals surface area contributed by atoms with Crippen LogP contribution in [0, 0.1) is 5.82 Å². The predicted octanol–water partition coefficient (Wildman–Crippen LogP) is 2.48. The molecule has 130 valence electrons. The van der Waals surface area contributed by atoms with E-state index >= 15 is 0 Å². The van der Waals surface area contributed by atoms with Gasteiger partial charge in [-0.2, -0.15) is 5.10 Å². The van der Waals surface area contributed by atoms with Crippen molar-refractivity contribution < 1.29 is 24.2 Å². The minimum Gasteiger partial charge on any atom is -0.508 e. The first kappa shape index (κ1) is 18.4. The monoisotopic (exact) mass is 409 g/mol. The number of anilines is 1. The molecule has 9 heteroatoms. The molecule has 0 saturated heterocycles. The van der Waals surface area contributed by atoms with Crippen LogP contribution in [0.25, 0.3) is 0 Å². The molecule has 2 amide bonds. The van der Waals surface area contributed by atoms with Crippen molar-refractivity contribution >= 4 is 39.1 Å². The van der Waals surface area contributed by atoms with Crippen molar-refractivity contribution in [3.63, 3.8) is 0 Å². The van der Waals surface area contributed by atoms with Gasteiger partial charge in [0.15, 0.2) is 0 Å². The standard InChI is InChI=1S/C16H13BrFN3O4/c1-8(11-4-3-10(22)7-14(11)23)20-21-16(25)15(24)19-13-5-2-9(17)6-12(13)18/h2-7,22-23H,1H3,(H,19,24)(H,21,25)/b20-8+. The van der Waals surface area contributed by atoms with Crippen LogP contribution in [0.3, 0.4) is 0 Å². The number of hydrogen-bond acceptors (Lipinski definition) is 5. The number of carbonyl (C=O) groups excluding carboxylic acids is 2. The first-order chi connectivity index (χ1) is 11.8. The number of hydrazone groups is 1. The molecule has 25 heavy (non-hydrogen) atoms. The zero-order chi connectivity index (χ0) is 18.6. The summed E-state index contributed by atoms with van der Waals surface area (Å²) in [5.41, 5.74) is 2.32. The maximum absolute atomic E-state index is 13.6. The molecule has 0 radical (unpaired) electrons. The Labute approximate surface area is 150 Å². The lowest BCUT2D eigenvalue weighted by molar-refractivity contribution is -0.136. The number of halogens is 2. The summed E-state index contributed by atoms with van der Waals surface area (Å²) in [6.07, 6.45) is 0. The normalized spacial score (nSPS) is 11.1. The zero-order valence-corrected chi connectivity index (χ0v) is 14.5. The fourth-order valence-corrected chi connectivity index (χ4v) is 2.17. The van der Waals surface area contributed by atoms with E-state index in [-0.39, 0.29) is 28.5 Å². The highest BCUT2D eigenvalue weighted by Crippen LogP contribution is 2.23. The van der Waals surface area contributed by atoms with Gasteiger partial charge in [0.25, 0.3) is 0 Å². The van der Waals surface area contributed by atoms with Crippen LogP contribution in [-0.2, 0) is 9.59 Å². The molecule has 0 atom stereocenters. The second-order valence-electron chi connectivity index (χ2n) is 4.92. The predicted molar refractivity (Wildman–Crippen MR) is 92.9 cm³/mol. The number of phenolic OH excluding ortho intramolecular Hbond substituents is 2. The first-order valence-corrected chi connectivity index (χ1v) is 7.70. The number of nitrogens with zero attached hydrogens (tertiary/aromatic N) is 1. The third-order valence-electron chi connectivity index (χ3n) is 3.08. The summed E-state index contributed by atoms with van der Waals surface area (Å²) in [6, 6.07) is 7.79. The third-order valence-corrected chi connectivity index (χ3v) is 3.58. The molecule has 0 saturated carbocycles. The number of rotatable bonds is 3. The van der Waals surface area contributed by atoms with E-state index in [1.54, 1.807) is 0 Å². The average molecular weight is 410 g/mol. The van der Waals surface area contributed by atoms with Crippen LogP contribution in [0.5, 0.6) is 11.5 Å². The van der Waals surface area contributed by atoms with Gasteiger partial charge in [-0.25, -0.2) is 9.82 Å². The number of benzene rings is 2. The van der Waals surface area contributed by atoms with Gasteiger partial charge in [-0.1, -0.05) is 15.9 Å². The van der Waals surface area contributed by atoms with E-state index in [9.17, 15) is 24.2 Å². The smallest absolute Gasteiger partial charge is 0.329 e. The molecule has 2 aromatic rings. The van der Waals surface area contributed by atoms with Crippen LogP contribution in [0.15, 0.2) is 46.0 Å². The summed E-state index contributed by atoms with van der Waals surface area (Å²) in [4.78, 5) is 23.5. The number of phenols is 2. The molecule has 0 aromatic heterocycles. The molecule has 0 aliphatic heterocycles.